The van der Waals surface area contributed by atoms with E-state index in [0.29, 0.717) is 35.4 Å². The van der Waals surface area contributed by atoms with Crippen molar-refractivity contribution in [2.24, 2.45) is 0 Å². The van der Waals surface area contributed by atoms with Crippen LogP contribution >= 0.6 is 22.7 Å². The van der Waals surface area contributed by atoms with Gasteiger partial charge in [0.05, 0.1) is 4.53 Å². The maximum atomic E-state index is 12.6. The van der Waals surface area contributed by atoms with Crippen LogP contribution in [0.1, 0.15) is 18.2 Å². The number of ether oxygens (including phenoxy) is 1. The fourth-order valence-electron chi connectivity index (χ4n) is 2.00. The zero-order chi connectivity index (χ0) is 16.7. The molecule has 2 aromatic heterocycles. The zero-order valence-corrected chi connectivity index (χ0v) is 14.2. The van der Waals surface area contributed by atoms with E-state index in [0.717, 1.165) is 4.88 Å². The second-order valence-electron chi connectivity index (χ2n) is 4.54. The number of hydrogen-bond donors (Lipinski definition) is 0. The van der Waals surface area contributed by atoms with Crippen LogP contribution in [0.2, 0.25) is 0 Å². The lowest BCUT2D eigenvalue weighted by molar-refractivity contribution is 0.141. The fraction of sp³-hybridized carbons (Fsp3) is 0.312. The van der Waals surface area contributed by atoms with Gasteiger partial charge in [0.15, 0.2) is 5.57 Å². The van der Waals surface area contributed by atoms with Crippen LogP contribution in [-0.4, -0.2) is 17.8 Å². The van der Waals surface area contributed by atoms with E-state index in [2.05, 4.69) is 0 Å². The summed E-state index contributed by atoms with van der Waals surface area (Å²) in [5.41, 5.74) is -0.202. The van der Waals surface area contributed by atoms with Crippen LogP contribution in [0.4, 0.5) is 0 Å². The molecule has 0 N–H and O–H groups in total. The van der Waals surface area contributed by atoms with Gasteiger partial charge in [0.1, 0.15) is 16.8 Å². The molecule has 0 fully saturated rings. The first-order chi connectivity index (χ1) is 11.2. The monoisotopic (exact) mass is 345 g/mol. The van der Waals surface area contributed by atoms with Crippen LogP contribution in [0.25, 0.3) is 11.6 Å². The Morgan fingerprint density at radius 2 is 2.22 bits per heavy atom. The molecule has 0 aliphatic carbocycles. The molecule has 0 aliphatic rings. The number of hydrogen-bond acceptors (Lipinski definition) is 6. The van der Waals surface area contributed by atoms with E-state index in [1.165, 1.54) is 27.2 Å². The molecular formula is C16H15N3O2S2. The average Bonchev–Trinajstić information content (AvgIpc) is 3.16. The van der Waals surface area contributed by atoms with Crippen molar-refractivity contribution < 1.29 is 4.74 Å². The van der Waals surface area contributed by atoms with Gasteiger partial charge in [-0.3, -0.25) is 9.36 Å². The minimum Gasteiger partial charge on any atom is -0.382 e. The molecule has 0 aromatic carbocycles. The van der Waals surface area contributed by atoms with Crippen LogP contribution in [0.3, 0.4) is 0 Å². The Kier molecular flexibility index (Phi) is 6.30. The van der Waals surface area contributed by atoms with Gasteiger partial charge in [-0.15, -0.1) is 22.7 Å². The van der Waals surface area contributed by atoms with Crippen LogP contribution < -0.4 is 14.8 Å². The van der Waals surface area contributed by atoms with Gasteiger partial charge in [0.2, 0.25) is 0 Å². The lowest BCUT2D eigenvalue weighted by atomic mass is 10.3. The van der Waals surface area contributed by atoms with Crippen molar-refractivity contribution >= 4 is 34.3 Å². The fourth-order valence-corrected chi connectivity index (χ4v) is 3.80. The quantitative estimate of drug-likeness (QED) is 0.742. The van der Waals surface area contributed by atoms with Gasteiger partial charge in [-0.05, 0) is 30.9 Å². The third-order valence-electron chi connectivity index (χ3n) is 3.04. The second-order valence-corrected chi connectivity index (χ2v) is 6.55. The number of nitriles is 2. The number of thiophene rings is 1. The molecule has 2 rings (SSSR count). The number of rotatable bonds is 6. The topological polar surface area (TPSA) is 78.8 Å². The highest BCUT2D eigenvalue weighted by Crippen LogP contribution is 2.08. The van der Waals surface area contributed by atoms with E-state index in [9.17, 15) is 4.79 Å². The van der Waals surface area contributed by atoms with Crippen molar-refractivity contribution in [3.05, 3.63) is 41.9 Å². The van der Waals surface area contributed by atoms with Gasteiger partial charge in [-0.25, -0.2) is 0 Å². The van der Waals surface area contributed by atoms with Crippen molar-refractivity contribution in [1.82, 2.24) is 4.57 Å². The lowest BCUT2D eigenvalue weighted by Gasteiger charge is -2.02. The van der Waals surface area contributed by atoms with Crippen LogP contribution in [0.15, 0.2) is 22.3 Å². The van der Waals surface area contributed by atoms with Crippen LogP contribution in [0, 0.1) is 22.7 Å². The van der Waals surface area contributed by atoms with Crippen molar-refractivity contribution in [3.63, 3.8) is 0 Å². The minimum atomic E-state index is -0.169. The highest BCUT2D eigenvalue weighted by atomic mass is 32.1. The van der Waals surface area contributed by atoms with Gasteiger partial charge < -0.3 is 4.74 Å². The highest BCUT2D eigenvalue weighted by Gasteiger charge is 2.09. The van der Waals surface area contributed by atoms with E-state index in [-0.39, 0.29) is 11.1 Å². The number of aromatic nitrogens is 1. The Labute approximate surface area is 141 Å². The summed E-state index contributed by atoms with van der Waals surface area (Å²) < 4.78 is 7.74. The zero-order valence-electron chi connectivity index (χ0n) is 12.6. The summed E-state index contributed by atoms with van der Waals surface area (Å²) in [5.74, 6) is 0. The molecular weight excluding hydrogens is 330 g/mol. The van der Waals surface area contributed by atoms with Gasteiger partial charge >= 0.3 is 0 Å². The van der Waals surface area contributed by atoms with Crippen molar-refractivity contribution in [3.8, 4) is 12.1 Å². The van der Waals surface area contributed by atoms with Crippen molar-refractivity contribution in [2.75, 3.05) is 13.2 Å². The van der Waals surface area contributed by atoms with E-state index in [1.54, 1.807) is 6.08 Å². The molecule has 2 aromatic rings. The van der Waals surface area contributed by atoms with E-state index >= 15 is 0 Å². The minimum absolute atomic E-state index is 0.0330. The highest BCUT2D eigenvalue weighted by molar-refractivity contribution is 7.11. The Morgan fingerprint density at radius 3 is 2.83 bits per heavy atom. The summed E-state index contributed by atoms with van der Waals surface area (Å²) in [6, 6.07) is 7.58. The first-order valence-electron chi connectivity index (χ1n) is 7.08. The molecule has 0 saturated heterocycles. The van der Waals surface area contributed by atoms with Gasteiger partial charge in [0, 0.05) is 24.6 Å². The molecule has 0 bridgehead atoms. The van der Waals surface area contributed by atoms with Crippen LogP contribution in [-0.2, 0) is 11.3 Å². The first-order valence-corrected chi connectivity index (χ1v) is 8.78. The molecule has 0 aliphatic heterocycles. The summed E-state index contributed by atoms with van der Waals surface area (Å²) in [5, 5.41) is 20.2. The number of thiazole rings is 1. The maximum Gasteiger partial charge on any atom is 0.269 e. The molecule has 7 heteroatoms. The van der Waals surface area contributed by atoms with Gasteiger partial charge in [-0.1, -0.05) is 6.07 Å². The number of nitrogens with zero attached hydrogens (tertiary/aromatic N) is 3. The summed E-state index contributed by atoms with van der Waals surface area (Å²) in [7, 11) is 0. The molecule has 0 unspecified atom stereocenters. The molecule has 0 saturated carbocycles. The van der Waals surface area contributed by atoms with E-state index < -0.39 is 0 Å². The molecule has 23 heavy (non-hydrogen) atoms. The van der Waals surface area contributed by atoms with Gasteiger partial charge in [0.25, 0.3) is 5.56 Å². The van der Waals surface area contributed by atoms with E-state index in [1.807, 2.05) is 36.6 Å². The third-order valence-corrected chi connectivity index (χ3v) is 4.99. The summed E-state index contributed by atoms with van der Waals surface area (Å²) in [6.07, 6.45) is 2.45. The lowest BCUT2D eigenvalue weighted by Crippen LogP contribution is -2.32. The molecule has 0 radical (unpaired) electrons. The molecule has 2 heterocycles. The Morgan fingerprint density at radius 1 is 1.43 bits per heavy atom. The Balaban J connectivity index is 2.54. The average molecular weight is 345 g/mol. The molecule has 5 nitrogen and oxygen atoms in total. The molecule has 0 amide bonds. The Hall–Kier alpha value is -2.19. The largest absolute Gasteiger partial charge is 0.382 e. The predicted molar refractivity (Wildman–Crippen MR) is 91.5 cm³/mol. The summed E-state index contributed by atoms with van der Waals surface area (Å²) >= 11 is 2.72. The third kappa shape index (κ3) is 4.17. The summed E-state index contributed by atoms with van der Waals surface area (Å²) in [4.78, 5) is 13.6. The maximum absolute atomic E-state index is 12.6. The Bertz CT molecular complexity index is 893. The second kappa shape index (κ2) is 8.44. The normalized spacial score (nSPS) is 11.2. The van der Waals surface area contributed by atoms with Crippen molar-refractivity contribution in [1.29, 1.82) is 10.5 Å². The molecule has 0 spiro atoms. The standard InChI is InChI=1S/C16H15N3O2S2/c1-2-21-7-4-6-19-15(20)14(9-13-5-3-8-22-13)23-16(19)12(10-17)11-18/h3,5,8-9H,2,4,6-7H2,1H3/b14-9-. The van der Waals surface area contributed by atoms with Crippen LogP contribution in [0.5, 0.6) is 0 Å². The van der Waals surface area contributed by atoms with Gasteiger partial charge in [-0.2, -0.15) is 10.5 Å². The first kappa shape index (κ1) is 17.2. The molecule has 0 atom stereocenters. The molecule has 118 valence electrons. The van der Waals surface area contributed by atoms with E-state index in [4.69, 9.17) is 15.3 Å². The smallest absolute Gasteiger partial charge is 0.269 e. The summed E-state index contributed by atoms with van der Waals surface area (Å²) in [6.45, 7) is 3.50. The van der Waals surface area contributed by atoms with Crippen molar-refractivity contribution in [2.45, 2.75) is 19.9 Å². The SMILES string of the molecule is CCOCCCn1c(=C(C#N)C#N)s/c(=C\c2cccs2)c1=O. The predicted octanol–water partition coefficient (Wildman–Crippen LogP) is 1.42.